The van der Waals surface area contributed by atoms with Crippen molar-refractivity contribution in [2.45, 2.75) is 0 Å². The number of benzene rings is 1. The zero-order valence-corrected chi connectivity index (χ0v) is 13.6. The van der Waals surface area contributed by atoms with E-state index in [0.29, 0.717) is 16.2 Å². The molecule has 0 aliphatic rings. The van der Waals surface area contributed by atoms with Gasteiger partial charge in [0.1, 0.15) is 10.7 Å². The molecular weight excluding hydrogens is 336 g/mol. The van der Waals surface area contributed by atoms with Crippen LogP contribution in [-0.4, -0.2) is 9.97 Å². The highest BCUT2D eigenvalue weighted by Gasteiger charge is 2.15. The molecule has 0 saturated carbocycles. The molecule has 0 aliphatic carbocycles. The van der Waals surface area contributed by atoms with Crippen LogP contribution in [0, 0.1) is 0 Å². The maximum absolute atomic E-state index is 12.5. The van der Waals surface area contributed by atoms with Crippen molar-refractivity contribution in [1.82, 2.24) is 9.97 Å². The van der Waals surface area contributed by atoms with Crippen molar-refractivity contribution in [3.05, 3.63) is 62.5 Å². The van der Waals surface area contributed by atoms with Gasteiger partial charge < -0.3 is 4.98 Å². The highest BCUT2D eigenvalue weighted by molar-refractivity contribution is 7.18. The Morgan fingerprint density at radius 1 is 1.05 bits per heavy atom. The first-order valence-electron chi connectivity index (χ1n) is 6.54. The van der Waals surface area contributed by atoms with Gasteiger partial charge in [-0.25, -0.2) is 4.98 Å². The van der Waals surface area contributed by atoms with E-state index in [-0.39, 0.29) is 5.56 Å². The molecule has 4 rings (SSSR count). The summed E-state index contributed by atoms with van der Waals surface area (Å²) < 4.78 is 0. The number of hydrogen-bond donors (Lipinski definition) is 1. The fraction of sp³-hybridized carbons (Fsp3) is 0. The molecule has 0 fully saturated rings. The van der Waals surface area contributed by atoms with E-state index in [1.165, 1.54) is 11.3 Å². The second-order valence-corrected chi connectivity index (χ2v) is 6.91. The first kappa shape index (κ1) is 13.7. The first-order valence-corrected chi connectivity index (χ1v) is 8.68. The molecule has 0 saturated heterocycles. The number of thiophene rings is 2. The molecule has 0 amide bonds. The molecule has 1 aromatic carbocycles. The third kappa shape index (κ3) is 2.18. The minimum atomic E-state index is -0.135. The lowest BCUT2D eigenvalue weighted by molar-refractivity contribution is 1.19. The smallest absolute Gasteiger partial charge is 0.260 e. The Bertz CT molecular complexity index is 1020. The van der Waals surface area contributed by atoms with Crippen LogP contribution in [0.1, 0.15) is 0 Å². The average Bonchev–Trinajstić information content (AvgIpc) is 3.16. The maximum atomic E-state index is 12.5. The van der Waals surface area contributed by atoms with Gasteiger partial charge >= 0.3 is 0 Å². The Balaban J connectivity index is 1.97. The zero-order chi connectivity index (χ0) is 15.1. The molecule has 3 heterocycles. The zero-order valence-electron chi connectivity index (χ0n) is 11.2. The van der Waals surface area contributed by atoms with E-state index in [9.17, 15) is 4.79 Å². The van der Waals surface area contributed by atoms with Gasteiger partial charge in [-0.05, 0) is 23.6 Å². The molecule has 0 aliphatic heterocycles. The second-order valence-electron chi connectivity index (χ2n) is 4.70. The van der Waals surface area contributed by atoms with Crippen LogP contribution in [0.3, 0.4) is 0 Å². The lowest BCUT2D eigenvalue weighted by Gasteiger charge is -2.03. The predicted octanol–water partition coefficient (Wildman–Crippen LogP) is 5.03. The SMILES string of the molecule is O=c1[nH]c(-c2ccccc2Cl)nc2scc(-c3cccs3)c12. The molecule has 3 aromatic heterocycles. The quantitative estimate of drug-likeness (QED) is 0.554. The second kappa shape index (κ2) is 5.35. The number of aromatic nitrogens is 2. The van der Waals surface area contributed by atoms with Crippen molar-refractivity contribution in [3.8, 4) is 21.8 Å². The van der Waals surface area contributed by atoms with Gasteiger partial charge in [-0.15, -0.1) is 22.7 Å². The van der Waals surface area contributed by atoms with Crippen molar-refractivity contribution >= 4 is 44.5 Å². The van der Waals surface area contributed by atoms with E-state index in [1.807, 2.05) is 41.1 Å². The molecule has 0 unspecified atom stereocenters. The van der Waals surface area contributed by atoms with Crippen LogP contribution >= 0.6 is 34.3 Å². The lowest BCUT2D eigenvalue weighted by Crippen LogP contribution is -2.09. The van der Waals surface area contributed by atoms with Gasteiger partial charge in [-0.3, -0.25) is 4.79 Å². The lowest BCUT2D eigenvalue weighted by atomic mass is 10.2. The molecule has 0 radical (unpaired) electrons. The van der Waals surface area contributed by atoms with Crippen LogP contribution in [0.15, 0.2) is 52.0 Å². The Morgan fingerprint density at radius 2 is 1.91 bits per heavy atom. The van der Waals surface area contributed by atoms with E-state index in [1.54, 1.807) is 17.4 Å². The number of H-pyrrole nitrogens is 1. The number of nitrogens with one attached hydrogen (secondary N) is 1. The number of nitrogens with zero attached hydrogens (tertiary/aromatic N) is 1. The van der Waals surface area contributed by atoms with Crippen molar-refractivity contribution in [2.24, 2.45) is 0 Å². The molecule has 6 heteroatoms. The van der Waals surface area contributed by atoms with Crippen molar-refractivity contribution in [3.63, 3.8) is 0 Å². The van der Waals surface area contributed by atoms with Crippen molar-refractivity contribution in [1.29, 1.82) is 0 Å². The summed E-state index contributed by atoms with van der Waals surface area (Å²) in [6.45, 7) is 0. The molecule has 1 N–H and O–H groups in total. The fourth-order valence-corrected chi connectivity index (χ4v) is 4.33. The van der Waals surface area contributed by atoms with Crippen LogP contribution < -0.4 is 5.56 Å². The Kier molecular flexibility index (Phi) is 3.33. The molecule has 0 bridgehead atoms. The number of rotatable bonds is 2. The van der Waals surface area contributed by atoms with E-state index in [0.717, 1.165) is 20.8 Å². The van der Waals surface area contributed by atoms with Crippen LogP contribution in [0.5, 0.6) is 0 Å². The predicted molar refractivity (Wildman–Crippen MR) is 94.0 cm³/mol. The summed E-state index contributed by atoms with van der Waals surface area (Å²) in [5, 5.41) is 5.19. The fourth-order valence-electron chi connectivity index (χ4n) is 2.34. The minimum Gasteiger partial charge on any atom is -0.306 e. The molecule has 3 nitrogen and oxygen atoms in total. The minimum absolute atomic E-state index is 0.135. The van der Waals surface area contributed by atoms with Crippen LogP contribution in [0.4, 0.5) is 0 Å². The van der Waals surface area contributed by atoms with Gasteiger partial charge in [0.25, 0.3) is 5.56 Å². The topological polar surface area (TPSA) is 45.8 Å². The maximum Gasteiger partial charge on any atom is 0.260 e. The van der Waals surface area contributed by atoms with Gasteiger partial charge in [0, 0.05) is 21.4 Å². The first-order chi connectivity index (χ1) is 10.7. The molecule has 4 aromatic rings. The van der Waals surface area contributed by atoms with E-state index in [4.69, 9.17) is 11.6 Å². The molecular formula is C16H9ClN2OS2. The van der Waals surface area contributed by atoms with Crippen LogP contribution in [0.25, 0.3) is 32.0 Å². The molecule has 0 spiro atoms. The van der Waals surface area contributed by atoms with Gasteiger partial charge in [0.15, 0.2) is 0 Å². The van der Waals surface area contributed by atoms with Gasteiger partial charge in [0.2, 0.25) is 0 Å². The van der Waals surface area contributed by atoms with Crippen LogP contribution in [0.2, 0.25) is 5.02 Å². The highest BCUT2D eigenvalue weighted by atomic mass is 35.5. The third-order valence-corrected chi connectivity index (χ3v) is 5.46. The largest absolute Gasteiger partial charge is 0.306 e. The normalized spacial score (nSPS) is 11.1. The monoisotopic (exact) mass is 344 g/mol. The molecule has 108 valence electrons. The van der Waals surface area contributed by atoms with E-state index >= 15 is 0 Å². The number of hydrogen-bond acceptors (Lipinski definition) is 4. The summed E-state index contributed by atoms with van der Waals surface area (Å²) in [4.78, 5) is 21.8. The number of aromatic amines is 1. The Hall–Kier alpha value is -1.95. The number of fused-ring (bicyclic) bond motifs is 1. The van der Waals surface area contributed by atoms with E-state index < -0.39 is 0 Å². The van der Waals surface area contributed by atoms with Gasteiger partial charge in [-0.1, -0.05) is 29.8 Å². The molecule has 0 atom stereocenters. The van der Waals surface area contributed by atoms with E-state index in [2.05, 4.69) is 9.97 Å². The summed E-state index contributed by atoms with van der Waals surface area (Å²) in [5.74, 6) is 0.502. The Labute approximate surface area is 138 Å². The Morgan fingerprint density at radius 3 is 2.68 bits per heavy atom. The van der Waals surface area contributed by atoms with Gasteiger partial charge in [0.05, 0.1) is 10.4 Å². The van der Waals surface area contributed by atoms with Crippen LogP contribution in [-0.2, 0) is 0 Å². The summed E-state index contributed by atoms with van der Waals surface area (Å²) in [6, 6.07) is 11.3. The van der Waals surface area contributed by atoms with Crippen molar-refractivity contribution < 1.29 is 0 Å². The standard InChI is InChI=1S/C16H9ClN2OS2/c17-11-5-2-1-4-9(11)14-18-15(20)13-10(8-22-16(13)19-14)12-6-3-7-21-12/h1-8H,(H,18,19,20). The summed E-state index contributed by atoms with van der Waals surface area (Å²) in [6.07, 6.45) is 0. The highest BCUT2D eigenvalue weighted by Crippen LogP contribution is 2.34. The average molecular weight is 345 g/mol. The van der Waals surface area contributed by atoms with Gasteiger partial charge in [-0.2, -0.15) is 0 Å². The third-order valence-electron chi connectivity index (χ3n) is 3.36. The summed E-state index contributed by atoms with van der Waals surface area (Å²) in [7, 11) is 0. The number of halogens is 1. The molecule has 22 heavy (non-hydrogen) atoms. The van der Waals surface area contributed by atoms with Crippen molar-refractivity contribution in [2.75, 3.05) is 0 Å². The summed E-state index contributed by atoms with van der Waals surface area (Å²) >= 11 is 9.28. The summed E-state index contributed by atoms with van der Waals surface area (Å²) in [5.41, 5.74) is 1.54.